The van der Waals surface area contributed by atoms with Crippen LogP contribution in [-0.2, 0) is 4.79 Å². The number of carbonyl (C=O) groups is 2. The SMILES string of the molecule is CN(C)C(CN1C(=O)C(O)=C(C(=O)c2cccs2)C1c1ccc(Cl)cc1)c1ccccc1. The summed E-state index contributed by atoms with van der Waals surface area (Å²) in [4.78, 5) is 30.7. The first-order valence-corrected chi connectivity index (χ1v) is 11.4. The number of aliphatic hydroxyl groups excluding tert-OH is 1. The van der Waals surface area contributed by atoms with Crippen molar-refractivity contribution in [1.82, 2.24) is 9.80 Å². The molecule has 5 nitrogen and oxygen atoms in total. The summed E-state index contributed by atoms with van der Waals surface area (Å²) in [5.41, 5.74) is 1.86. The minimum Gasteiger partial charge on any atom is -0.503 e. The fourth-order valence-corrected chi connectivity index (χ4v) is 4.84. The van der Waals surface area contributed by atoms with Crippen LogP contribution in [-0.4, -0.2) is 47.2 Å². The van der Waals surface area contributed by atoms with E-state index in [0.717, 1.165) is 11.1 Å². The standard InChI is InChI=1S/C25H23ClN2O3S/c1-27(2)19(16-7-4-3-5-8-16)15-28-22(17-10-12-18(26)13-11-17)21(24(30)25(28)31)23(29)20-9-6-14-32-20/h3-14,19,22,30H,15H2,1-2H3. The van der Waals surface area contributed by atoms with Crippen LogP contribution in [0.5, 0.6) is 0 Å². The van der Waals surface area contributed by atoms with Gasteiger partial charge in [0.15, 0.2) is 5.76 Å². The average molecular weight is 467 g/mol. The molecule has 3 aromatic rings. The van der Waals surface area contributed by atoms with Gasteiger partial charge in [0.2, 0.25) is 5.78 Å². The molecule has 0 saturated carbocycles. The van der Waals surface area contributed by atoms with E-state index in [1.807, 2.05) is 49.3 Å². The topological polar surface area (TPSA) is 60.9 Å². The van der Waals surface area contributed by atoms with Crippen LogP contribution in [0, 0.1) is 0 Å². The van der Waals surface area contributed by atoms with Crippen LogP contribution in [0.2, 0.25) is 5.02 Å². The third-order valence-corrected chi connectivity index (χ3v) is 6.78. The molecule has 0 fully saturated rings. The largest absolute Gasteiger partial charge is 0.503 e. The Labute approximate surface area is 196 Å². The maximum absolute atomic E-state index is 13.3. The van der Waals surface area contributed by atoms with E-state index in [1.54, 1.807) is 46.7 Å². The lowest BCUT2D eigenvalue weighted by molar-refractivity contribution is -0.130. The van der Waals surface area contributed by atoms with Gasteiger partial charge in [0.05, 0.1) is 22.5 Å². The van der Waals surface area contributed by atoms with Gasteiger partial charge in [0.1, 0.15) is 0 Å². The number of carbonyl (C=O) groups excluding carboxylic acids is 2. The van der Waals surface area contributed by atoms with Crippen LogP contribution in [0.3, 0.4) is 0 Å². The Morgan fingerprint density at radius 2 is 1.78 bits per heavy atom. The number of amides is 1. The van der Waals surface area contributed by atoms with Crippen molar-refractivity contribution in [3.8, 4) is 0 Å². The van der Waals surface area contributed by atoms with Gasteiger partial charge in [0.25, 0.3) is 5.91 Å². The molecule has 2 heterocycles. The highest BCUT2D eigenvalue weighted by Crippen LogP contribution is 2.41. The molecule has 1 aromatic heterocycles. The van der Waals surface area contributed by atoms with Crippen molar-refractivity contribution in [1.29, 1.82) is 0 Å². The Morgan fingerprint density at radius 1 is 1.09 bits per heavy atom. The van der Waals surface area contributed by atoms with E-state index >= 15 is 0 Å². The molecular formula is C25H23ClN2O3S. The Bertz CT molecular complexity index is 1140. The summed E-state index contributed by atoms with van der Waals surface area (Å²) in [6, 6.07) is 19.5. The van der Waals surface area contributed by atoms with Crippen LogP contribution < -0.4 is 0 Å². The van der Waals surface area contributed by atoms with Gasteiger partial charge < -0.3 is 14.9 Å². The van der Waals surface area contributed by atoms with E-state index < -0.39 is 17.7 Å². The molecule has 4 rings (SSSR count). The summed E-state index contributed by atoms with van der Waals surface area (Å²) in [6.45, 7) is 0.300. The van der Waals surface area contributed by atoms with Gasteiger partial charge in [-0.25, -0.2) is 0 Å². The van der Waals surface area contributed by atoms with Gasteiger partial charge in [-0.3, -0.25) is 9.59 Å². The molecule has 2 atom stereocenters. The minimum absolute atomic E-state index is 0.102. The summed E-state index contributed by atoms with van der Waals surface area (Å²) in [6.07, 6.45) is 0. The number of likely N-dealkylation sites (N-methyl/N-ethyl adjacent to an activating group) is 1. The predicted octanol–water partition coefficient (Wildman–Crippen LogP) is 5.28. The van der Waals surface area contributed by atoms with Crippen molar-refractivity contribution in [3.05, 3.63) is 104 Å². The number of nitrogens with zero attached hydrogens (tertiary/aromatic N) is 2. The number of halogens is 1. The van der Waals surface area contributed by atoms with E-state index in [2.05, 4.69) is 0 Å². The first-order chi connectivity index (χ1) is 15.4. The second kappa shape index (κ2) is 9.28. The van der Waals surface area contributed by atoms with Gasteiger partial charge in [-0.15, -0.1) is 11.3 Å². The number of hydrogen-bond acceptors (Lipinski definition) is 5. The number of aliphatic hydroxyl groups is 1. The molecule has 1 aliphatic heterocycles. The third kappa shape index (κ3) is 4.21. The quantitative estimate of drug-likeness (QED) is 0.481. The van der Waals surface area contributed by atoms with Gasteiger partial charge in [-0.1, -0.05) is 60.1 Å². The molecular weight excluding hydrogens is 444 g/mol. The Balaban J connectivity index is 1.78. The van der Waals surface area contributed by atoms with Crippen molar-refractivity contribution in [3.63, 3.8) is 0 Å². The zero-order valence-electron chi connectivity index (χ0n) is 17.7. The van der Waals surface area contributed by atoms with Crippen LogP contribution in [0.25, 0.3) is 0 Å². The first kappa shape index (κ1) is 22.3. The zero-order chi connectivity index (χ0) is 22.8. The van der Waals surface area contributed by atoms with Crippen molar-refractivity contribution >= 4 is 34.6 Å². The predicted molar refractivity (Wildman–Crippen MR) is 127 cm³/mol. The fraction of sp³-hybridized carbons (Fsp3) is 0.200. The minimum atomic E-state index is -0.708. The van der Waals surface area contributed by atoms with Crippen molar-refractivity contribution in [2.45, 2.75) is 12.1 Å². The number of thiophene rings is 1. The molecule has 0 spiro atoms. The van der Waals surface area contributed by atoms with E-state index in [1.165, 1.54) is 11.3 Å². The maximum atomic E-state index is 13.3. The summed E-state index contributed by atoms with van der Waals surface area (Å²) in [5.74, 6) is -1.38. The van der Waals surface area contributed by atoms with E-state index in [-0.39, 0.29) is 17.4 Å². The summed E-state index contributed by atoms with van der Waals surface area (Å²) < 4.78 is 0. The number of Topliss-reactive ketones (excluding diaryl/α,β-unsaturated/α-hetero) is 1. The van der Waals surface area contributed by atoms with Gasteiger partial charge in [-0.2, -0.15) is 0 Å². The normalized spacial score (nSPS) is 17.3. The van der Waals surface area contributed by atoms with Gasteiger partial charge in [0, 0.05) is 11.6 Å². The molecule has 0 aliphatic carbocycles. The number of benzene rings is 2. The third-order valence-electron chi connectivity index (χ3n) is 5.66. The first-order valence-electron chi connectivity index (χ1n) is 10.2. The van der Waals surface area contributed by atoms with E-state index in [4.69, 9.17) is 11.6 Å². The number of hydrogen-bond donors (Lipinski definition) is 1. The van der Waals surface area contributed by atoms with Gasteiger partial charge in [-0.05, 0) is 48.8 Å². The lowest BCUT2D eigenvalue weighted by Gasteiger charge is -2.33. The molecule has 1 amide bonds. The average Bonchev–Trinajstić information content (AvgIpc) is 3.41. The van der Waals surface area contributed by atoms with E-state index in [0.29, 0.717) is 16.4 Å². The summed E-state index contributed by atoms with van der Waals surface area (Å²) in [5, 5.41) is 13.2. The lowest BCUT2D eigenvalue weighted by atomic mass is 9.95. The molecule has 0 radical (unpaired) electrons. The molecule has 32 heavy (non-hydrogen) atoms. The lowest BCUT2D eigenvalue weighted by Crippen LogP contribution is -2.38. The van der Waals surface area contributed by atoms with Crippen LogP contribution in [0.4, 0.5) is 0 Å². The second-order valence-corrected chi connectivity index (χ2v) is 9.25. The van der Waals surface area contributed by atoms with Crippen LogP contribution in [0.1, 0.15) is 32.9 Å². The summed E-state index contributed by atoms with van der Waals surface area (Å²) in [7, 11) is 3.89. The highest BCUT2D eigenvalue weighted by atomic mass is 35.5. The molecule has 2 aromatic carbocycles. The molecule has 0 saturated heterocycles. The maximum Gasteiger partial charge on any atom is 0.290 e. The molecule has 7 heteroatoms. The Kier molecular flexibility index (Phi) is 6.46. The van der Waals surface area contributed by atoms with Gasteiger partial charge >= 0.3 is 0 Å². The molecule has 1 aliphatic rings. The zero-order valence-corrected chi connectivity index (χ0v) is 19.3. The van der Waals surface area contributed by atoms with Crippen molar-refractivity contribution in [2.75, 3.05) is 20.6 Å². The van der Waals surface area contributed by atoms with Crippen molar-refractivity contribution in [2.24, 2.45) is 0 Å². The highest BCUT2D eigenvalue weighted by Gasteiger charge is 2.44. The number of rotatable bonds is 7. The smallest absolute Gasteiger partial charge is 0.290 e. The van der Waals surface area contributed by atoms with Crippen LogP contribution in [0.15, 0.2) is 83.4 Å². The fourth-order valence-electron chi connectivity index (χ4n) is 4.03. The number of ketones is 1. The van der Waals surface area contributed by atoms with E-state index in [9.17, 15) is 14.7 Å². The molecule has 1 N–H and O–H groups in total. The highest BCUT2D eigenvalue weighted by molar-refractivity contribution is 7.12. The molecule has 0 bridgehead atoms. The Hall–Kier alpha value is -2.93. The van der Waals surface area contributed by atoms with Crippen LogP contribution >= 0.6 is 22.9 Å². The molecule has 2 unspecified atom stereocenters. The monoisotopic (exact) mass is 466 g/mol. The Morgan fingerprint density at radius 3 is 2.38 bits per heavy atom. The van der Waals surface area contributed by atoms with Crippen molar-refractivity contribution < 1.29 is 14.7 Å². The molecule has 164 valence electrons. The summed E-state index contributed by atoms with van der Waals surface area (Å²) >= 11 is 7.37. The second-order valence-electron chi connectivity index (χ2n) is 7.87.